The summed E-state index contributed by atoms with van der Waals surface area (Å²) in [6.07, 6.45) is 2.56. The Labute approximate surface area is 80.3 Å². The summed E-state index contributed by atoms with van der Waals surface area (Å²) in [6.45, 7) is 4.33. The van der Waals surface area contributed by atoms with Crippen molar-refractivity contribution in [2.45, 2.75) is 20.3 Å². The maximum Gasteiger partial charge on any atom is -0.000146 e. The van der Waals surface area contributed by atoms with Gasteiger partial charge in [0.15, 0.2) is 0 Å². The van der Waals surface area contributed by atoms with E-state index in [1.807, 2.05) is 6.07 Å². The number of hydrogen-bond donors (Lipinski definition) is 1. The van der Waals surface area contributed by atoms with Crippen LogP contribution in [0.4, 0.5) is 0 Å². The van der Waals surface area contributed by atoms with Gasteiger partial charge in [0.05, 0.1) is 0 Å². The van der Waals surface area contributed by atoms with Crippen molar-refractivity contribution in [3.63, 3.8) is 0 Å². The standard InChI is InChI=1S/C12H17N/c1-10(2)12(9-13)8-11-6-4-3-5-7-11/h3-7,9-10,12-13H,8H2,1-2H3. The molecule has 1 aromatic carbocycles. The van der Waals surface area contributed by atoms with Crippen LogP contribution in [-0.2, 0) is 6.42 Å². The zero-order chi connectivity index (χ0) is 9.68. The van der Waals surface area contributed by atoms with Gasteiger partial charge in [0.2, 0.25) is 0 Å². The van der Waals surface area contributed by atoms with E-state index in [0.717, 1.165) is 6.42 Å². The molecule has 1 aromatic rings. The molecule has 1 atom stereocenters. The minimum atomic E-state index is 0.377. The van der Waals surface area contributed by atoms with Crippen molar-refractivity contribution in [2.75, 3.05) is 0 Å². The van der Waals surface area contributed by atoms with Crippen molar-refractivity contribution in [3.05, 3.63) is 35.9 Å². The molecular formula is C12H17N. The number of hydrogen-bond acceptors (Lipinski definition) is 1. The average molecular weight is 175 g/mol. The summed E-state index contributed by atoms with van der Waals surface area (Å²) in [5, 5.41) is 7.31. The molecule has 0 fully saturated rings. The van der Waals surface area contributed by atoms with E-state index in [1.165, 1.54) is 5.56 Å². The summed E-state index contributed by atoms with van der Waals surface area (Å²) in [4.78, 5) is 0. The zero-order valence-electron chi connectivity index (χ0n) is 8.33. The van der Waals surface area contributed by atoms with E-state index in [-0.39, 0.29) is 0 Å². The molecule has 0 radical (unpaired) electrons. The first-order chi connectivity index (χ1) is 6.24. The molecule has 0 aliphatic carbocycles. The summed E-state index contributed by atoms with van der Waals surface area (Å²) in [6, 6.07) is 10.4. The maximum absolute atomic E-state index is 7.31. The normalized spacial score (nSPS) is 12.8. The molecule has 1 N–H and O–H groups in total. The van der Waals surface area contributed by atoms with Crippen LogP contribution in [0.1, 0.15) is 19.4 Å². The molecule has 0 spiro atoms. The van der Waals surface area contributed by atoms with Gasteiger partial charge < -0.3 is 5.41 Å². The van der Waals surface area contributed by atoms with Gasteiger partial charge in [-0.3, -0.25) is 0 Å². The van der Waals surface area contributed by atoms with Gasteiger partial charge in [-0.05, 0) is 30.0 Å². The van der Waals surface area contributed by atoms with Crippen LogP contribution in [0.5, 0.6) is 0 Å². The minimum absolute atomic E-state index is 0.377. The molecule has 0 heterocycles. The summed E-state index contributed by atoms with van der Waals surface area (Å²) in [5.74, 6) is 0.931. The highest BCUT2D eigenvalue weighted by Gasteiger charge is 2.10. The Bertz CT molecular complexity index is 251. The molecule has 1 heteroatoms. The first kappa shape index (κ1) is 9.97. The second kappa shape index (κ2) is 4.80. The number of benzene rings is 1. The molecule has 0 aliphatic rings. The van der Waals surface area contributed by atoms with Crippen LogP contribution >= 0.6 is 0 Å². The fourth-order valence-corrected chi connectivity index (χ4v) is 1.37. The minimum Gasteiger partial charge on any atom is -0.313 e. The molecular weight excluding hydrogens is 158 g/mol. The largest absolute Gasteiger partial charge is 0.313 e. The Balaban J connectivity index is 2.62. The second-order valence-electron chi connectivity index (χ2n) is 3.76. The molecule has 1 unspecified atom stereocenters. The van der Waals surface area contributed by atoms with Crippen LogP contribution in [0.3, 0.4) is 0 Å². The van der Waals surface area contributed by atoms with Gasteiger partial charge >= 0.3 is 0 Å². The van der Waals surface area contributed by atoms with Gasteiger partial charge in [0, 0.05) is 0 Å². The first-order valence-electron chi connectivity index (χ1n) is 4.78. The van der Waals surface area contributed by atoms with Crippen molar-refractivity contribution in [3.8, 4) is 0 Å². The predicted octanol–water partition coefficient (Wildman–Crippen LogP) is 3.15. The van der Waals surface area contributed by atoms with Crippen LogP contribution in [0.2, 0.25) is 0 Å². The highest BCUT2D eigenvalue weighted by molar-refractivity contribution is 5.57. The van der Waals surface area contributed by atoms with Crippen molar-refractivity contribution in [2.24, 2.45) is 11.8 Å². The highest BCUT2D eigenvalue weighted by atomic mass is 14.4. The molecule has 0 amide bonds. The van der Waals surface area contributed by atoms with Gasteiger partial charge in [-0.15, -0.1) is 0 Å². The molecule has 0 saturated carbocycles. The van der Waals surface area contributed by atoms with Crippen LogP contribution in [0, 0.1) is 17.2 Å². The molecule has 13 heavy (non-hydrogen) atoms. The predicted molar refractivity (Wildman–Crippen MR) is 57.3 cm³/mol. The maximum atomic E-state index is 7.31. The van der Waals surface area contributed by atoms with Crippen molar-refractivity contribution in [1.82, 2.24) is 0 Å². The van der Waals surface area contributed by atoms with Gasteiger partial charge in [-0.1, -0.05) is 44.2 Å². The summed E-state index contributed by atoms with van der Waals surface area (Å²) in [5.41, 5.74) is 1.32. The molecule has 0 aliphatic heterocycles. The van der Waals surface area contributed by atoms with Gasteiger partial charge in [0.1, 0.15) is 0 Å². The van der Waals surface area contributed by atoms with Crippen molar-refractivity contribution in [1.29, 1.82) is 5.41 Å². The van der Waals surface area contributed by atoms with E-state index in [4.69, 9.17) is 5.41 Å². The Morgan fingerprint density at radius 1 is 1.23 bits per heavy atom. The fraction of sp³-hybridized carbons (Fsp3) is 0.417. The smallest absolute Gasteiger partial charge is 0.000146 e. The van der Waals surface area contributed by atoms with Crippen LogP contribution in [0.25, 0.3) is 0 Å². The summed E-state index contributed by atoms with van der Waals surface area (Å²) < 4.78 is 0. The SMILES string of the molecule is CC(C)C(C=N)Cc1ccccc1. The van der Waals surface area contributed by atoms with E-state index in [2.05, 4.69) is 38.1 Å². The number of nitrogens with one attached hydrogen (secondary N) is 1. The lowest BCUT2D eigenvalue weighted by atomic mass is 9.90. The number of rotatable bonds is 4. The quantitative estimate of drug-likeness (QED) is 0.680. The fourth-order valence-electron chi connectivity index (χ4n) is 1.37. The van der Waals surface area contributed by atoms with Crippen molar-refractivity contribution >= 4 is 6.21 Å². The second-order valence-corrected chi connectivity index (χ2v) is 3.76. The lowest BCUT2D eigenvalue weighted by Gasteiger charge is -2.15. The molecule has 1 rings (SSSR count). The zero-order valence-corrected chi connectivity index (χ0v) is 8.33. The Morgan fingerprint density at radius 3 is 2.31 bits per heavy atom. The van der Waals surface area contributed by atoms with Crippen LogP contribution < -0.4 is 0 Å². The van der Waals surface area contributed by atoms with E-state index < -0.39 is 0 Å². The molecule has 0 aromatic heterocycles. The molecule has 70 valence electrons. The third kappa shape index (κ3) is 3.02. The van der Waals surface area contributed by atoms with E-state index in [1.54, 1.807) is 6.21 Å². The van der Waals surface area contributed by atoms with Gasteiger partial charge in [-0.25, -0.2) is 0 Å². The lowest BCUT2D eigenvalue weighted by Crippen LogP contribution is -2.12. The van der Waals surface area contributed by atoms with Gasteiger partial charge in [0.25, 0.3) is 0 Å². The van der Waals surface area contributed by atoms with E-state index in [9.17, 15) is 0 Å². The lowest BCUT2D eigenvalue weighted by molar-refractivity contribution is 0.498. The molecule has 1 nitrogen and oxygen atoms in total. The monoisotopic (exact) mass is 175 g/mol. The van der Waals surface area contributed by atoms with Crippen molar-refractivity contribution < 1.29 is 0 Å². The summed E-state index contributed by atoms with van der Waals surface area (Å²) in [7, 11) is 0. The van der Waals surface area contributed by atoms with E-state index in [0.29, 0.717) is 11.8 Å². The highest BCUT2D eigenvalue weighted by Crippen LogP contribution is 2.14. The average Bonchev–Trinajstić information content (AvgIpc) is 2.15. The van der Waals surface area contributed by atoms with Gasteiger partial charge in [-0.2, -0.15) is 0 Å². The van der Waals surface area contributed by atoms with E-state index >= 15 is 0 Å². The van der Waals surface area contributed by atoms with Crippen LogP contribution in [0.15, 0.2) is 30.3 Å². The topological polar surface area (TPSA) is 23.9 Å². The Morgan fingerprint density at radius 2 is 1.85 bits per heavy atom. The first-order valence-corrected chi connectivity index (χ1v) is 4.78. The van der Waals surface area contributed by atoms with Crippen LogP contribution in [-0.4, -0.2) is 6.21 Å². The Kier molecular flexibility index (Phi) is 3.69. The Hall–Kier alpha value is -1.11. The molecule has 0 bridgehead atoms. The third-order valence-electron chi connectivity index (χ3n) is 2.38. The third-order valence-corrected chi connectivity index (χ3v) is 2.38. The molecule has 0 saturated heterocycles. The summed E-state index contributed by atoms with van der Waals surface area (Å²) >= 11 is 0.